The molecular weight excluding hydrogens is 204 g/mol. The molecular formula is C7H14N4O2S. The lowest BCUT2D eigenvalue weighted by Gasteiger charge is -2.09. The Kier molecular flexibility index (Phi) is 3.62. The van der Waals surface area contributed by atoms with Gasteiger partial charge in [-0.1, -0.05) is 0 Å². The first kappa shape index (κ1) is 11.2. The molecule has 1 heterocycles. The van der Waals surface area contributed by atoms with Crippen molar-refractivity contribution in [2.45, 2.75) is 26.4 Å². The molecule has 80 valence electrons. The summed E-state index contributed by atoms with van der Waals surface area (Å²) in [5.74, 6) is 0. The van der Waals surface area contributed by atoms with Crippen molar-refractivity contribution in [1.82, 2.24) is 19.6 Å². The number of aromatic amines is 1. The topological polar surface area (TPSA) is 86.9 Å². The monoisotopic (exact) mass is 218 g/mol. The van der Waals surface area contributed by atoms with E-state index in [1.165, 1.54) is 0 Å². The van der Waals surface area contributed by atoms with Crippen molar-refractivity contribution in [3.8, 4) is 0 Å². The summed E-state index contributed by atoms with van der Waals surface area (Å²) >= 11 is 0. The number of nitrogens with one attached hydrogen (secondary N) is 3. The molecule has 0 unspecified atom stereocenters. The van der Waals surface area contributed by atoms with E-state index in [0.29, 0.717) is 0 Å². The lowest BCUT2D eigenvalue weighted by Crippen LogP contribution is -2.39. The number of H-pyrrole nitrogens is 1. The van der Waals surface area contributed by atoms with Gasteiger partial charge in [-0.25, -0.2) is 0 Å². The maximum atomic E-state index is 11.3. The lowest BCUT2D eigenvalue weighted by atomic mass is 10.4. The third kappa shape index (κ3) is 3.86. The Hall–Kier alpha value is -0.920. The summed E-state index contributed by atoms with van der Waals surface area (Å²) in [4.78, 5) is 0. The van der Waals surface area contributed by atoms with Crippen LogP contribution in [0.15, 0.2) is 12.3 Å². The number of hydrogen-bond donors (Lipinski definition) is 3. The van der Waals surface area contributed by atoms with E-state index in [2.05, 4.69) is 19.6 Å². The second-order valence-corrected chi connectivity index (χ2v) is 4.71. The molecule has 0 saturated carbocycles. The zero-order valence-electron chi connectivity index (χ0n) is 8.11. The average Bonchev–Trinajstić information content (AvgIpc) is 2.50. The summed E-state index contributed by atoms with van der Waals surface area (Å²) in [5, 5.41) is 6.36. The molecule has 0 fully saturated rings. The molecule has 0 atom stereocenters. The molecule has 1 aromatic heterocycles. The smallest absolute Gasteiger partial charge is 0.277 e. The predicted octanol–water partition coefficient (Wildman–Crippen LogP) is -0.258. The highest BCUT2D eigenvalue weighted by Crippen LogP contribution is 1.92. The molecule has 7 heteroatoms. The second kappa shape index (κ2) is 4.54. The van der Waals surface area contributed by atoms with Crippen molar-refractivity contribution in [1.29, 1.82) is 0 Å². The Morgan fingerprint density at radius 1 is 1.57 bits per heavy atom. The number of aromatic nitrogens is 2. The maximum absolute atomic E-state index is 11.3. The fourth-order valence-corrected chi connectivity index (χ4v) is 1.96. The minimum atomic E-state index is -3.40. The van der Waals surface area contributed by atoms with Crippen molar-refractivity contribution < 1.29 is 8.42 Å². The molecule has 14 heavy (non-hydrogen) atoms. The maximum Gasteiger partial charge on any atom is 0.277 e. The van der Waals surface area contributed by atoms with E-state index >= 15 is 0 Å². The highest BCUT2D eigenvalue weighted by molar-refractivity contribution is 7.87. The van der Waals surface area contributed by atoms with Gasteiger partial charge in [0.15, 0.2) is 0 Å². The zero-order chi connectivity index (χ0) is 10.6. The van der Waals surface area contributed by atoms with Crippen LogP contribution < -0.4 is 9.44 Å². The van der Waals surface area contributed by atoms with Crippen molar-refractivity contribution in [2.24, 2.45) is 0 Å². The van der Waals surface area contributed by atoms with Crippen LogP contribution in [0.4, 0.5) is 0 Å². The minimum Gasteiger partial charge on any atom is -0.281 e. The zero-order valence-corrected chi connectivity index (χ0v) is 8.93. The first-order chi connectivity index (χ1) is 6.49. The van der Waals surface area contributed by atoms with Crippen LogP contribution in [0.25, 0.3) is 0 Å². The molecule has 1 rings (SSSR count). The number of hydrogen-bond acceptors (Lipinski definition) is 3. The number of rotatable bonds is 5. The minimum absolute atomic E-state index is 0.116. The summed E-state index contributed by atoms with van der Waals surface area (Å²) in [5.41, 5.74) is 0.721. The lowest BCUT2D eigenvalue weighted by molar-refractivity contribution is 0.554. The fraction of sp³-hybridized carbons (Fsp3) is 0.571. The third-order valence-electron chi connectivity index (χ3n) is 1.40. The Morgan fingerprint density at radius 3 is 2.79 bits per heavy atom. The average molecular weight is 218 g/mol. The first-order valence-electron chi connectivity index (χ1n) is 4.25. The van der Waals surface area contributed by atoms with Gasteiger partial charge in [0, 0.05) is 12.2 Å². The van der Waals surface area contributed by atoms with Gasteiger partial charge in [0.2, 0.25) is 0 Å². The van der Waals surface area contributed by atoms with E-state index in [-0.39, 0.29) is 12.6 Å². The summed E-state index contributed by atoms with van der Waals surface area (Å²) in [7, 11) is -3.40. The van der Waals surface area contributed by atoms with Gasteiger partial charge in [-0.05, 0) is 19.9 Å². The van der Waals surface area contributed by atoms with Gasteiger partial charge in [-0.3, -0.25) is 5.10 Å². The van der Waals surface area contributed by atoms with Crippen LogP contribution in [0.1, 0.15) is 19.5 Å². The van der Waals surface area contributed by atoms with Gasteiger partial charge in [0.1, 0.15) is 0 Å². The quantitative estimate of drug-likeness (QED) is 0.636. The summed E-state index contributed by atoms with van der Waals surface area (Å²) in [6.45, 7) is 3.73. The van der Waals surface area contributed by atoms with E-state index < -0.39 is 10.2 Å². The Labute approximate surface area is 83.3 Å². The molecule has 0 saturated heterocycles. The van der Waals surface area contributed by atoms with E-state index in [1.807, 2.05) is 0 Å². The molecule has 0 aliphatic heterocycles. The Morgan fingerprint density at radius 2 is 2.29 bits per heavy atom. The molecule has 0 aliphatic carbocycles. The molecule has 0 amide bonds. The highest BCUT2D eigenvalue weighted by Gasteiger charge is 2.10. The second-order valence-electron chi connectivity index (χ2n) is 3.18. The molecule has 0 bridgehead atoms. The summed E-state index contributed by atoms with van der Waals surface area (Å²) in [6.07, 6.45) is 1.57. The van der Waals surface area contributed by atoms with Crippen LogP contribution >= 0.6 is 0 Å². The van der Waals surface area contributed by atoms with Crippen molar-refractivity contribution in [3.63, 3.8) is 0 Å². The molecule has 0 spiro atoms. The molecule has 6 nitrogen and oxygen atoms in total. The van der Waals surface area contributed by atoms with Crippen molar-refractivity contribution in [3.05, 3.63) is 18.0 Å². The van der Waals surface area contributed by atoms with E-state index in [1.54, 1.807) is 26.1 Å². The normalized spacial score (nSPS) is 12.2. The standard InChI is InChI=1S/C7H14N4O2S/c1-6(2)11-14(12,13)9-5-7-3-4-8-10-7/h3-4,6,9,11H,5H2,1-2H3,(H,8,10). The Balaban J connectivity index is 2.45. The fourth-order valence-electron chi connectivity index (χ4n) is 0.908. The van der Waals surface area contributed by atoms with E-state index in [4.69, 9.17) is 0 Å². The van der Waals surface area contributed by atoms with E-state index in [9.17, 15) is 8.42 Å². The first-order valence-corrected chi connectivity index (χ1v) is 5.73. The van der Waals surface area contributed by atoms with Crippen molar-refractivity contribution >= 4 is 10.2 Å². The summed E-state index contributed by atoms with van der Waals surface area (Å²) < 4.78 is 27.4. The van der Waals surface area contributed by atoms with Gasteiger partial charge < -0.3 is 0 Å². The third-order valence-corrected chi connectivity index (χ3v) is 2.71. The molecule has 0 radical (unpaired) electrons. The molecule has 0 aliphatic rings. The van der Waals surface area contributed by atoms with E-state index in [0.717, 1.165) is 5.69 Å². The molecule has 0 aromatic carbocycles. The van der Waals surface area contributed by atoms with Gasteiger partial charge in [-0.15, -0.1) is 0 Å². The van der Waals surface area contributed by atoms with Crippen molar-refractivity contribution in [2.75, 3.05) is 0 Å². The van der Waals surface area contributed by atoms with Gasteiger partial charge in [-0.2, -0.15) is 23.0 Å². The van der Waals surface area contributed by atoms with Crippen LogP contribution in [0.2, 0.25) is 0 Å². The van der Waals surface area contributed by atoms with Gasteiger partial charge in [0.25, 0.3) is 10.2 Å². The van der Waals surface area contributed by atoms with Crippen LogP contribution in [-0.2, 0) is 16.8 Å². The van der Waals surface area contributed by atoms with Gasteiger partial charge >= 0.3 is 0 Å². The largest absolute Gasteiger partial charge is 0.281 e. The van der Waals surface area contributed by atoms with Gasteiger partial charge in [0.05, 0.1) is 12.2 Å². The van der Waals surface area contributed by atoms with Crippen LogP contribution in [-0.4, -0.2) is 24.7 Å². The predicted molar refractivity (Wildman–Crippen MR) is 52.6 cm³/mol. The molecule has 1 aromatic rings. The van der Waals surface area contributed by atoms with Crippen LogP contribution in [0.5, 0.6) is 0 Å². The van der Waals surface area contributed by atoms with Crippen LogP contribution in [0.3, 0.4) is 0 Å². The SMILES string of the molecule is CC(C)NS(=O)(=O)NCc1ccn[nH]1. The highest BCUT2D eigenvalue weighted by atomic mass is 32.2. The van der Waals surface area contributed by atoms with Crippen LogP contribution in [0, 0.1) is 0 Å². The Bertz CT molecular complexity index is 357. The summed E-state index contributed by atoms with van der Waals surface area (Å²) in [6, 6.07) is 1.59. The number of nitrogens with zero attached hydrogens (tertiary/aromatic N) is 1. The molecule has 3 N–H and O–H groups in total.